The summed E-state index contributed by atoms with van der Waals surface area (Å²) in [6, 6.07) is 4.65. The van der Waals surface area contributed by atoms with Gasteiger partial charge in [-0.2, -0.15) is 4.31 Å². The number of fused-ring (bicyclic) bond motifs is 1. The Kier molecular flexibility index (Phi) is 3.31. The maximum Gasteiger partial charge on any atom is 0.243 e. The molecule has 0 aromatic heterocycles. The van der Waals surface area contributed by atoms with Crippen molar-refractivity contribution >= 4 is 21.6 Å². The molecule has 6 nitrogen and oxygen atoms in total. The van der Waals surface area contributed by atoms with E-state index < -0.39 is 15.6 Å². The van der Waals surface area contributed by atoms with Crippen LogP contribution in [0.3, 0.4) is 0 Å². The van der Waals surface area contributed by atoms with E-state index in [9.17, 15) is 18.3 Å². The molecule has 21 heavy (non-hydrogen) atoms. The summed E-state index contributed by atoms with van der Waals surface area (Å²) in [5, 5.41) is 12.8. The van der Waals surface area contributed by atoms with Crippen molar-refractivity contribution in [1.29, 1.82) is 0 Å². The highest BCUT2D eigenvalue weighted by molar-refractivity contribution is 7.89. The van der Waals surface area contributed by atoms with Gasteiger partial charge in [-0.05, 0) is 30.2 Å². The summed E-state index contributed by atoms with van der Waals surface area (Å²) in [5.74, 6) is -0.124. The van der Waals surface area contributed by atoms with Crippen LogP contribution in [0, 0.1) is 0 Å². The van der Waals surface area contributed by atoms with Crippen molar-refractivity contribution in [3.05, 3.63) is 23.8 Å². The quantitative estimate of drug-likeness (QED) is 0.858. The van der Waals surface area contributed by atoms with E-state index in [1.165, 1.54) is 10.4 Å². The number of rotatable bonds is 4. The lowest BCUT2D eigenvalue weighted by molar-refractivity contribution is -0.115. The standard InChI is InChI=1S/C14H18N2O4S/c1-2-5-14(18)8-16(9-14)21(19,20)11-3-4-12-10(6-11)7-13(17)15-12/h3-4,6,18H,2,5,7-9H2,1H3,(H,15,17). The van der Waals surface area contributed by atoms with Gasteiger partial charge in [0.2, 0.25) is 15.9 Å². The number of aliphatic hydroxyl groups is 1. The Morgan fingerprint density at radius 2 is 2.10 bits per heavy atom. The number of β-amino-alcohol motifs (C(OH)–C–C–N with tert-alkyl or cyclic N) is 1. The second-order valence-corrected chi connectivity index (χ2v) is 7.73. The van der Waals surface area contributed by atoms with E-state index in [1.807, 2.05) is 6.92 Å². The SMILES string of the molecule is CCCC1(O)CN(S(=O)(=O)c2ccc3c(c2)CC(=O)N3)C1. The fraction of sp³-hybridized carbons (Fsp3) is 0.500. The number of hydrogen-bond acceptors (Lipinski definition) is 4. The topological polar surface area (TPSA) is 86.7 Å². The Morgan fingerprint density at radius 3 is 2.76 bits per heavy atom. The smallest absolute Gasteiger partial charge is 0.243 e. The first kappa shape index (κ1) is 14.5. The van der Waals surface area contributed by atoms with Gasteiger partial charge in [0.1, 0.15) is 0 Å². The lowest BCUT2D eigenvalue weighted by Gasteiger charge is -2.45. The number of anilines is 1. The average molecular weight is 310 g/mol. The van der Waals surface area contributed by atoms with Crippen molar-refractivity contribution in [2.75, 3.05) is 18.4 Å². The second kappa shape index (κ2) is 4.79. The Labute approximate surface area is 123 Å². The summed E-state index contributed by atoms with van der Waals surface area (Å²) in [6.07, 6.45) is 1.62. The first-order valence-corrected chi connectivity index (χ1v) is 8.43. The molecule has 0 unspecified atom stereocenters. The van der Waals surface area contributed by atoms with Crippen LogP contribution >= 0.6 is 0 Å². The molecule has 1 saturated heterocycles. The second-order valence-electron chi connectivity index (χ2n) is 5.79. The van der Waals surface area contributed by atoms with E-state index in [1.54, 1.807) is 12.1 Å². The monoisotopic (exact) mass is 310 g/mol. The third-order valence-corrected chi connectivity index (χ3v) is 5.78. The zero-order valence-corrected chi connectivity index (χ0v) is 12.6. The van der Waals surface area contributed by atoms with Crippen molar-refractivity contribution in [2.45, 2.75) is 36.7 Å². The minimum Gasteiger partial charge on any atom is -0.387 e. The van der Waals surface area contributed by atoms with Gasteiger partial charge in [0, 0.05) is 18.8 Å². The number of amides is 1. The lowest BCUT2D eigenvalue weighted by atomic mass is 9.92. The first-order valence-electron chi connectivity index (χ1n) is 6.99. The number of sulfonamides is 1. The van der Waals surface area contributed by atoms with Gasteiger partial charge in [-0.25, -0.2) is 8.42 Å². The van der Waals surface area contributed by atoms with Crippen molar-refractivity contribution in [3.8, 4) is 0 Å². The van der Waals surface area contributed by atoms with Gasteiger partial charge in [0.25, 0.3) is 0 Å². The van der Waals surface area contributed by atoms with E-state index in [-0.39, 0.29) is 30.3 Å². The molecule has 1 aromatic rings. The summed E-state index contributed by atoms with van der Waals surface area (Å²) in [5.41, 5.74) is 0.478. The summed E-state index contributed by atoms with van der Waals surface area (Å²) in [7, 11) is -3.60. The zero-order chi connectivity index (χ0) is 15.3. The summed E-state index contributed by atoms with van der Waals surface area (Å²) in [6.45, 7) is 2.23. The van der Waals surface area contributed by atoms with Crippen molar-refractivity contribution in [1.82, 2.24) is 4.31 Å². The summed E-state index contributed by atoms with van der Waals surface area (Å²) in [4.78, 5) is 11.5. The van der Waals surface area contributed by atoms with Gasteiger partial charge in [-0.15, -0.1) is 0 Å². The molecule has 2 aliphatic heterocycles. The lowest BCUT2D eigenvalue weighted by Crippen LogP contribution is -2.63. The minimum absolute atomic E-state index is 0.124. The summed E-state index contributed by atoms with van der Waals surface area (Å²) >= 11 is 0. The van der Waals surface area contributed by atoms with Gasteiger partial charge >= 0.3 is 0 Å². The largest absolute Gasteiger partial charge is 0.387 e. The van der Waals surface area contributed by atoms with E-state index in [2.05, 4.69) is 5.32 Å². The number of carbonyl (C=O) groups excluding carboxylic acids is 1. The molecule has 2 heterocycles. The molecule has 1 amide bonds. The third-order valence-electron chi connectivity index (χ3n) is 4.00. The third kappa shape index (κ3) is 2.45. The molecule has 0 spiro atoms. The number of nitrogens with one attached hydrogen (secondary N) is 1. The van der Waals surface area contributed by atoms with E-state index in [4.69, 9.17) is 0 Å². The molecule has 2 N–H and O–H groups in total. The normalized spacial score (nSPS) is 20.8. The van der Waals surface area contributed by atoms with Gasteiger partial charge in [-0.1, -0.05) is 13.3 Å². The zero-order valence-electron chi connectivity index (χ0n) is 11.8. The number of benzene rings is 1. The molecule has 7 heteroatoms. The Bertz CT molecular complexity index is 693. The van der Waals surface area contributed by atoms with Crippen LogP contribution in [-0.4, -0.2) is 42.4 Å². The van der Waals surface area contributed by atoms with E-state index >= 15 is 0 Å². The predicted octanol–water partition coefficient (Wildman–Crippen LogP) is 0.717. The summed E-state index contributed by atoms with van der Waals surface area (Å²) < 4.78 is 26.3. The fourth-order valence-electron chi connectivity index (χ4n) is 2.92. The Morgan fingerprint density at radius 1 is 1.38 bits per heavy atom. The Balaban J connectivity index is 1.81. The average Bonchev–Trinajstić information content (AvgIpc) is 2.75. The fourth-order valence-corrected chi connectivity index (χ4v) is 4.57. The predicted molar refractivity (Wildman–Crippen MR) is 77.4 cm³/mol. The van der Waals surface area contributed by atoms with Crippen LogP contribution in [0.2, 0.25) is 0 Å². The maximum absolute atomic E-state index is 12.5. The van der Waals surface area contributed by atoms with Gasteiger partial charge in [-0.3, -0.25) is 4.79 Å². The number of carbonyl (C=O) groups is 1. The molecule has 2 aliphatic rings. The van der Waals surface area contributed by atoms with Crippen LogP contribution in [0.1, 0.15) is 25.3 Å². The van der Waals surface area contributed by atoms with E-state index in [0.29, 0.717) is 17.7 Å². The first-order chi connectivity index (χ1) is 9.84. The highest BCUT2D eigenvalue weighted by Crippen LogP contribution is 2.33. The van der Waals surface area contributed by atoms with Crippen LogP contribution in [0.4, 0.5) is 5.69 Å². The van der Waals surface area contributed by atoms with Crippen LogP contribution in [-0.2, 0) is 21.2 Å². The van der Waals surface area contributed by atoms with Gasteiger partial charge in [0.05, 0.1) is 16.9 Å². The number of nitrogens with zero attached hydrogens (tertiary/aromatic N) is 1. The molecule has 3 rings (SSSR count). The molecule has 0 radical (unpaired) electrons. The molecule has 0 saturated carbocycles. The maximum atomic E-state index is 12.5. The van der Waals surface area contributed by atoms with Crippen molar-refractivity contribution < 1.29 is 18.3 Å². The molecule has 114 valence electrons. The Hall–Kier alpha value is -1.44. The van der Waals surface area contributed by atoms with Crippen molar-refractivity contribution in [2.24, 2.45) is 0 Å². The highest BCUT2D eigenvalue weighted by Gasteiger charge is 2.46. The molecular weight excluding hydrogens is 292 g/mol. The minimum atomic E-state index is -3.60. The molecule has 1 aromatic carbocycles. The van der Waals surface area contributed by atoms with Crippen molar-refractivity contribution in [3.63, 3.8) is 0 Å². The molecule has 0 aliphatic carbocycles. The van der Waals surface area contributed by atoms with Crippen LogP contribution < -0.4 is 5.32 Å². The van der Waals surface area contributed by atoms with E-state index in [0.717, 1.165) is 6.42 Å². The van der Waals surface area contributed by atoms with Crippen LogP contribution in [0.25, 0.3) is 0 Å². The van der Waals surface area contributed by atoms with Crippen LogP contribution in [0.15, 0.2) is 23.1 Å². The van der Waals surface area contributed by atoms with Gasteiger partial charge in [0.15, 0.2) is 0 Å². The highest BCUT2D eigenvalue weighted by atomic mass is 32.2. The molecular formula is C14H18N2O4S. The van der Waals surface area contributed by atoms with Crippen LogP contribution in [0.5, 0.6) is 0 Å². The van der Waals surface area contributed by atoms with Gasteiger partial charge < -0.3 is 10.4 Å². The molecule has 0 atom stereocenters. The number of hydrogen-bond donors (Lipinski definition) is 2. The molecule has 1 fully saturated rings. The molecule has 0 bridgehead atoms.